The molecule has 0 amide bonds. The average Bonchev–Trinajstić information content (AvgIpc) is 2.44. The van der Waals surface area contributed by atoms with E-state index in [-0.39, 0.29) is 5.75 Å². The number of hydrogen-bond donors (Lipinski definition) is 1. The molecule has 4 nitrogen and oxygen atoms in total. The number of rotatable bonds is 9. The molecule has 0 saturated carbocycles. The molecule has 0 heterocycles. The first-order chi connectivity index (χ1) is 9.10. The first kappa shape index (κ1) is 16.1. The van der Waals surface area contributed by atoms with Crippen LogP contribution in [0.3, 0.4) is 0 Å². The fourth-order valence-electron chi connectivity index (χ4n) is 1.85. The molecule has 0 aromatic heterocycles. The predicted molar refractivity (Wildman–Crippen MR) is 79.2 cm³/mol. The zero-order valence-corrected chi connectivity index (χ0v) is 12.6. The van der Waals surface area contributed by atoms with Crippen molar-refractivity contribution in [3.05, 3.63) is 30.3 Å². The van der Waals surface area contributed by atoms with E-state index in [0.29, 0.717) is 11.4 Å². The maximum absolute atomic E-state index is 12.0. The highest BCUT2D eigenvalue weighted by molar-refractivity contribution is 7.91. The van der Waals surface area contributed by atoms with Crippen molar-refractivity contribution in [2.75, 3.05) is 38.5 Å². The molecule has 108 valence electrons. The van der Waals surface area contributed by atoms with Gasteiger partial charge in [0.2, 0.25) is 0 Å². The number of hydrogen-bond acceptors (Lipinski definition) is 4. The van der Waals surface area contributed by atoms with Crippen LogP contribution in [-0.4, -0.2) is 51.8 Å². The molecule has 0 spiro atoms. The second kappa shape index (κ2) is 8.30. The maximum atomic E-state index is 12.0. The minimum atomic E-state index is -3.15. The molecule has 1 N–H and O–H groups in total. The normalized spacial score (nSPS) is 11.9. The molecule has 0 unspecified atom stereocenters. The quantitative estimate of drug-likeness (QED) is 0.696. The minimum absolute atomic E-state index is 0.148. The van der Waals surface area contributed by atoms with Gasteiger partial charge in [-0.25, -0.2) is 8.42 Å². The van der Waals surface area contributed by atoms with Gasteiger partial charge in [-0.3, -0.25) is 0 Å². The summed E-state index contributed by atoms with van der Waals surface area (Å²) >= 11 is 0. The van der Waals surface area contributed by atoms with E-state index in [2.05, 4.69) is 24.1 Å². The van der Waals surface area contributed by atoms with Gasteiger partial charge in [0.05, 0.1) is 10.6 Å². The Labute approximate surface area is 116 Å². The summed E-state index contributed by atoms with van der Waals surface area (Å²) in [6, 6.07) is 8.61. The van der Waals surface area contributed by atoms with Crippen LogP contribution in [0.4, 0.5) is 0 Å². The molecule has 0 aliphatic carbocycles. The molecule has 0 aliphatic heterocycles. The van der Waals surface area contributed by atoms with Crippen LogP contribution < -0.4 is 5.32 Å². The molecular weight excluding hydrogens is 260 g/mol. The van der Waals surface area contributed by atoms with E-state index in [9.17, 15) is 8.42 Å². The standard InChI is InChI=1S/C14H24N2O2S/c1-3-16(4-2)12-10-15-11-13-19(17,18)14-8-6-5-7-9-14/h5-9,15H,3-4,10-13H2,1-2H3. The molecule has 0 aliphatic rings. The smallest absolute Gasteiger partial charge is 0.179 e. The SMILES string of the molecule is CCN(CC)CCNCCS(=O)(=O)c1ccccc1. The highest BCUT2D eigenvalue weighted by Gasteiger charge is 2.12. The predicted octanol–water partition coefficient (Wildman–Crippen LogP) is 1.39. The number of nitrogens with one attached hydrogen (secondary N) is 1. The van der Waals surface area contributed by atoms with Crippen molar-refractivity contribution in [1.82, 2.24) is 10.2 Å². The fraction of sp³-hybridized carbons (Fsp3) is 0.571. The third-order valence-corrected chi connectivity index (χ3v) is 4.88. The van der Waals surface area contributed by atoms with Gasteiger partial charge in [-0.15, -0.1) is 0 Å². The monoisotopic (exact) mass is 284 g/mol. The second-order valence-electron chi connectivity index (χ2n) is 4.41. The Hall–Kier alpha value is -0.910. The van der Waals surface area contributed by atoms with Gasteiger partial charge in [0, 0.05) is 19.6 Å². The molecule has 0 fully saturated rings. The molecule has 1 rings (SSSR count). The highest BCUT2D eigenvalue weighted by Crippen LogP contribution is 2.08. The van der Waals surface area contributed by atoms with Crippen molar-refractivity contribution in [2.24, 2.45) is 0 Å². The van der Waals surface area contributed by atoms with E-state index in [1.807, 2.05) is 6.07 Å². The Morgan fingerprint density at radius 2 is 1.68 bits per heavy atom. The van der Waals surface area contributed by atoms with E-state index in [0.717, 1.165) is 26.2 Å². The van der Waals surface area contributed by atoms with Crippen molar-refractivity contribution in [2.45, 2.75) is 18.7 Å². The van der Waals surface area contributed by atoms with Crippen LogP contribution in [-0.2, 0) is 9.84 Å². The Balaban J connectivity index is 2.30. The largest absolute Gasteiger partial charge is 0.314 e. The molecular formula is C14H24N2O2S. The highest BCUT2D eigenvalue weighted by atomic mass is 32.2. The van der Waals surface area contributed by atoms with Crippen LogP contribution in [0.1, 0.15) is 13.8 Å². The van der Waals surface area contributed by atoms with E-state index in [1.54, 1.807) is 24.3 Å². The Bertz CT molecular complexity index is 442. The first-order valence-corrected chi connectivity index (χ1v) is 8.46. The second-order valence-corrected chi connectivity index (χ2v) is 6.52. The molecule has 1 aromatic carbocycles. The molecule has 5 heteroatoms. The van der Waals surface area contributed by atoms with Crippen LogP contribution in [0, 0.1) is 0 Å². The summed E-state index contributed by atoms with van der Waals surface area (Å²) in [5.74, 6) is 0.148. The van der Waals surface area contributed by atoms with Gasteiger partial charge >= 0.3 is 0 Å². The van der Waals surface area contributed by atoms with Gasteiger partial charge < -0.3 is 10.2 Å². The van der Waals surface area contributed by atoms with E-state index in [4.69, 9.17) is 0 Å². The van der Waals surface area contributed by atoms with Crippen LogP contribution in [0.25, 0.3) is 0 Å². The van der Waals surface area contributed by atoms with E-state index in [1.165, 1.54) is 0 Å². The van der Waals surface area contributed by atoms with Gasteiger partial charge in [0.1, 0.15) is 0 Å². The Morgan fingerprint density at radius 1 is 1.05 bits per heavy atom. The summed E-state index contributed by atoms with van der Waals surface area (Å²) in [6.07, 6.45) is 0. The van der Waals surface area contributed by atoms with Crippen molar-refractivity contribution < 1.29 is 8.42 Å². The van der Waals surface area contributed by atoms with Crippen molar-refractivity contribution in [3.63, 3.8) is 0 Å². The molecule has 0 saturated heterocycles. The third kappa shape index (κ3) is 5.72. The van der Waals surface area contributed by atoms with Crippen molar-refractivity contribution in [1.29, 1.82) is 0 Å². The van der Waals surface area contributed by atoms with Gasteiger partial charge in [-0.2, -0.15) is 0 Å². The van der Waals surface area contributed by atoms with Gasteiger partial charge in [0.25, 0.3) is 0 Å². The summed E-state index contributed by atoms with van der Waals surface area (Å²) in [5, 5.41) is 3.19. The molecule has 0 bridgehead atoms. The molecule has 0 radical (unpaired) electrons. The third-order valence-electron chi connectivity index (χ3n) is 3.15. The van der Waals surface area contributed by atoms with Crippen molar-refractivity contribution in [3.8, 4) is 0 Å². The Kier molecular flexibility index (Phi) is 7.05. The van der Waals surface area contributed by atoms with E-state index < -0.39 is 9.84 Å². The summed E-state index contributed by atoms with van der Waals surface area (Å²) in [4.78, 5) is 2.71. The lowest BCUT2D eigenvalue weighted by Gasteiger charge is -2.17. The number of sulfone groups is 1. The van der Waals surface area contributed by atoms with Gasteiger partial charge in [-0.05, 0) is 25.2 Å². The lowest BCUT2D eigenvalue weighted by molar-refractivity contribution is 0.303. The lowest BCUT2D eigenvalue weighted by Crippen LogP contribution is -2.33. The zero-order valence-electron chi connectivity index (χ0n) is 11.8. The summed E-state index contributed by atoms with van der Waals surface area (Å²) in [7, 11) is -3.15. The molecule has 19 heavy (non-hydrogen) atoms. The van der Waals surface area contributed by atoms with Crippen molar-refractivity contribution >= 4 is 9.84 Å². The van der Waals surface area contributed by atoms with Crippen LogP contribution >= 0.6 is 0 Å². The topological polar surface area (TPSA) is 49.4 Å². The fourth-order valence-corrected chi connectivity index (χ4v) is 3.07. The molecule has 1 aromatic rings. The first-order valence-electron chi connectivity index (χ1n) is 6.81. The van der Waals surface area contributed by atoms with Crippen LogP contribution in [0.5, 0.6) is 0 Å². The summed E-state index contributed by atoms with van der Waals surface area (Å²) < 4.78 is 24.0. The van der Waals surface area contributed by atoms with Gasteiger partial charge in [0.15, 0.2) is 9.84 Å². The average molecular weight is 284 g/mol. The summed E-state index contributed by atoms with van der Waals surface area (Å²) in [6.45, 7) is 8.59. The minimum Gasteiger partial charge on any atom is -0.314 e. The maximum Gasteiger partial charge on any atom is 0.179 e. The Morgan fingerprint density at radius 3 is 2.26 bits per heavy atom. The molecule has 0 atom stereocenters. The van der Waals surface area contributed by atoms with Gasteiger partial charge in [-0.1, -0.05) is 32.0 Å². The van der Waals surface area contributed by atoms with E-state index >= 15 is 0 Å². The number of benzene rings is 1. The number of nitrogens with zero attached hydrogens (tertiary/aromatic N) is 1. The lowest BCUT2D eigenvalue weighted by atomic mass is 10.4. The number of likely N-dealkylation sites (N-methyl/N-ethyl adjacent to an activating group) is 1. The van der Waals surface area contributed by atoms with Crippen LogP contribution in [0.2, 0.25) is 0 Å². The van der Waals surface area contributed by atoms with Crippen LogP contribution in [0.15, 0.2) is 35.2 Å². The summed E-state index contributed by atoms with van der Waals surface area (Å²) in [5.41, 5.74) is 0. The zero-order chi connectivity index (χ0) is 14.1.